The molecule has 7 heteroatoms. The lowest BCUT2D eigenvalue weighted by atomic mass is 10.0. The third kappa shape index (κ3) is 8.13. The van der Waals surface area contributed by atoms with Crippen LogP contribution in [0.15, 0.2) is 341 Å². The van der Waals surface area contributed by atoms with E-state index in [1.165, 1.54) is 10.8 Å². The molecule has 5 heterocycles. The van der Waals surface area contributed by atoms with Gasteiger partial charge in [0.15, 0.2) is 0 Å². The highest BCUT2D eigenvalue weighted by Gasteiger charge is 2.25. The number of para-hydroxylation sites is 7. The summed E-state index contributed by atoms with van der Waals surface area (Å²) in [5.74, 6) is 0. The minimum atomic E-state index is 0.873. The fraction of sp³-hybridized carbons (Fsp3) is 0. The van der Waals surface area contributed by atoms with Crippen LogP contribution < -0.4 is 9.80 Å². The largest absolute Gasteiger partial charge is 0.455 e. The van der Waals surface area contributed by atoms with Gasteiger partial charge in [0.05, 0.1) is 38.5 Å². The second-order valence-electron chi connectivity index (χ2n) is 24.7. The maximum absolute atomic E-state index is 7.42. The van der Waals surface area contributed by atoms with Gasteiger partial charge in [-0.3, -0.25) is 0 Å². The molecule has 0 bridgehead atoms. The number of aromatic nitrogens is 2. The Balaban J connectivity index is 0.694. The summed E-state index contributed by atoms with van der Waals surface area (Å²) in [6, 6.07) is 117. The summed E-state index contributed by atoms with van der Waals surface area (Å²) in [5.41, 5.74) is 22.4. The minimum absolute atomic E-state index is 0.873. The first kappa shape index (κ1) is 52.9. The van der Waals surface area contributed by atoms with E-state index >= 15 is 0 Å². The fourth-order valence-corrected chi connectivity index (χ4v) is 15.2. The number of hydrogen-bond donors (Lipinski definition) is 0. The first-order chi connectivity index (χ1) is 47.1. The average molecular weight is 1220 g/mol. The molecule has 0 amide bonds. The maximum atomic E-state index is 7.42. The highest BCUT2D eigenvalue weighted by atomic mass is 16.3. The Labute approximate surface area is 544 Å². The van der Waals surface area contributed by atoms with Gasteiger partial charge in [-0.1, -0.05) is 188 Å². The van der Waals surface area contributed by atoms with Crippen LogP contribution >= 0.6 is 0 Å². The van der Waals surface area contributed by atoms with Crippen molar-refractivity contribution in [2.75, 3.05) is 9.80 Å². The summed E-state index contributed by atoms with van der Waals surface area (Å²) in [5, 5.41) is 13.5. The molecule has 5 aromatic heterocycles. The highest BCUT2D eigenvalue weighted by molar-refractivity contribution is 6.29. The number of fused-ring (bicyclic) bond motifs is 18. The zero-order valence-corrected chi connectivity index (χ0v) is 51.2. The van der Waals surface area contributed by atoms with E-state index < -0.39 is 0 Å². The number of hydrogen-bond acceptors (Lipinski definition) is 5. The second kappa shape index (κ2) is 20.8. The zero-order chi connectivity index (χ0) is 62.2. The van der Waals surface area contributed by atoms with Gasteiger partial charge in [-0.2, -0.15) is 0 Å². The van der Waals surface area contributed by atoms with E-state index in [0.717, 1.165) is 177 Å². The summed E-state index contributed by atoms with van der Waals surface area (Å²) < 4.78 is 25.2. The Bertz CT molecular complexity index is 6290. The normalized spacial score (nSPS) is 12.0. The predicted octanol–water partition coefficient (Wildman–Crippen LogP) is 25.0. The number of anilines is 6. The lowest BCUT2D eigenvalue weighted by molar-refractivity contribution is 0.669. The van der Waals surface area contributed by atoms with Gasteiger partial charge < -0.3 is 32.2 Å². The van der Waals surface area contributed by atoms with Gasteiger partial charge in [-0.05, 0) is 156 Å². The molecule has 0 saturated carbocycles. The molecule has 0 aliphatic heterocycles. The maximum Gasteiger partial charge on any atom is 0.145 e. The van der Waals surface area contributed by atoms with Crippen LogP contribution in [0.5, 0.6) is 0 Å². The lowest BCUT2D eigenvalue weighted by Gasteiger charge is -2.27. The molecule has 15 aromatic carbocycles. The Kier molecular flexibility index (Phi) is 11.6. The molecule has 7 nitrogen and oxygen atoms in total. The molecular weight excluding hydrogens is 1160 g/mol. The van der Waals surface area contributed by atoms with E-state index in [-0.39, 0.29) is 0 Å². The quantitative estimate of drug-likeness (QED) is 0.137. The number of benzene rings is 15. The van der Waals surface area contributed by atoms with Crippen molar-refractivity contribution in [3.05, 3.63) is 328 Å². The summed E-state index contributed by atoms with van der Waals surface area (Å²) in [6.07, 6.45) is 0. The fourth-order valence-electron chi connectivity index (χ4n) is 15.2. The van der Waals surface area contributed by atoms with Crippen molar-refractivity contribution >= 4 is 154 Å². The van der Waals surface area contributed by atoms with Gasteiger partial charge in [0.25, 0.3) is 0 Å². The third-order valence-corrected chi connectivity index (χ3v) is 19.5. The average Bonchev–Trinajstić information content (AvgIpc) is 1.55. The first-order valence-corrected chi connectivity index (χ1v) is 32.3. The lowest BCUT2D eigenvalue weighted by Crippen LogP contribution is -2.10. The van der Waals surface area contributed by atoms with Crippen LogP contribution in [-0.4, -0.2) is 9.13 Å². The molecule has 20 rings (SSSR count). The van der Waals surface area contributed by atoms with Crippen molar-refractivity contribution < 1.29 is 13.3 Å². The molecule has 0 aliphatic rings. The number of rotatable bonds is 10. The molecule has 0 unspecified atom stereocenters. The Morgan fingerprint density at radius 1 is 0.221 bits per heavy atom. The molecular formula is C88H54N4O3. The van der Waals surface area contributed by atoms with E-state index in [2.05, 4.69) is 322 Å². The van der Waals surface area contributed by atoms with Crippen LogP contribution in [-0.2, 0) is 0 Å². The molecule has 20 aromatic rings. The number of nitrogens with zero attached hydrogens (tertiary/aromatic N) is 4. The van der Waals surface area contributed by atoms with Crippen LogP contribution in [0, 0.1) is 0 Å². The summed E-state index contributed by atoms with van der Waals surface area (Å²) >= 11 is 0. The molecule has 95 heavy (non-hydrogen) atoms. The first-order valence-electron chi connectivity index (χ1n) is 32.3. The van der Waals surface area contributed by atoms with Crippen LogP contribution in [0.25, 0.3) is 154 Å². The van der Waals surface area contributed by atoms with Gasteiger partial charge >= 0.3 is 0 Å². The number of furan rings is 3. The van der Waals surface area contributed by atoms with Crippen molar-refractivity contribution in [2.24, 2.45) is 0 Å². The van der Waals surface area contributed by atoms with Crippen molar-refractivity contribution in [3.63, 3.8) is 0 Å². The molecule has 0 N–H and O–H groups in total. The Morgan fingerprint density at radius 2 is 0.600 bits per heavy atom. The van der Waals surface area contributed by atoms with Gasteiger partial charge in [0.1, 0.15) is 33.5 Å². The van der Waals surface area contributed by atoms with E-state index in [1.807, 2.05) is 24.3 Å². The molecule has 0 saturated heterocycles. The van der Waals surface area contributed by atoms with Gasteiger partial charge in [-0.25, -0.2) is 0 Å². The van der Waals surface area contributed by atoms with Crippen molar-refractivity contribution in [1.29, 1.82) is 0 Å². The molecule has 0 fully saturated rings. The van der Waals surface area contributed by atoms with Crippen LogP contribution in [0.2, 0.25) is 0 Å². The molecule has 0 radical (unpaired) electrons. The molecule has 0 aliphatic carbocycles. The van der Waals surface area contributed by atoms with E-state index in [1.54, 1.807) is 0 Å². The van der Waals surface area contributed by atoms with Gasteiger partial charge in [-0.15, -0.1) is 0 Å². The smallest absolute Gasteiger partial charge is 0.145 e. The second-order valence-corrected chi connectivity index (χ2v) is 24.7. The zero-order valence-electron chi connectivity index (χ0n) is 51.2. The van der Waals surface area contributed by atoms with Gasteiger partial charge in [0, 0.05) is 99.4 Å². The standard InChI is InChI=1S/C88H54N4O3/c1-2-19-58(20-3-1)90(76-32-14-18-55-17-4-5-21-65(55)76)62-45-49-64(50-46-62)92-78-31-11-7-25-75(78)84-80(92)54-52-73-72-51-53-79-83(87(72)95-88(73)84)74-24-6-10-30-77(74)91(79)63-47-43-61(44-48-63)89(59-39-35-56(36-40-59)66-26-15-28-70-68-22-8-12-33-81(68)93-85(66)70)60-41-37-57(38-42-60)67-27-16-29-71-69-23-9-13-34-82(69)94-86(67)71/h1-54H. The van der Waals surface area contributed by atoms with Crippen molar-refractivity contribution in [1.82, 2.24) is 9.13 Å². The van der Waals surface area contributed by atoms with Crippen molar-refractivity contribution in [2.45, 2.75) is 0 Å². The highest BCUT2D eigenvalue weighted by Crippen LogP contribution is 2.48. The summed E-state index contributed by atoms with van der Waals surface area (Å²) in [7, 11) is 0. The van der Waals surface area contributed by atoms with Crippen LogP contribution in [0.1, 0.15) is 0 Å². The van der Waals surface area contributed by atoms with Gasteiger partial charge in [0.2, 0.25) is 0 Å². The van der Waals surface area contributed by atoms with E-state index in [0.29, 0.717) is 0 Å². The summed E-state index contributed by atoms with van der Waals surface area (Å²) in [4.78, 5) is 4.69. The predicted molar refractivity (Wildman–Crippen MR) is 395 cm³/mol. The molecule has 444 valence electrons. The van der Waals surface area contributed by atoms with Crippen LogP contribution in [0.3, 0.4) is 0 Å². The molecule has 0 spiro atoms. The summed E-state index contributed by atoms with van der Waals surface area (Å²) in [6.45, 7) is 0. The third-order valence-electron chi connectivity index (χ3n) is 19.5. The SMILES string of the molecule is c1ccc(N(c2ccc(-n3c4ccccc4c4c5oc6c(ccc7c6c6ccccc6n7-c6ccc(N(c7ccc(-c8cccc9c8oc8ccccc89)cc7)c7ccc(-c8cccc9c8oc8ccccc89)cc7)cc6)c5ccc43)cc2)c2cccc3ccccc23)cc1. The Hall–Kier alpha value is -12.8. The van der Waals surface area contributed by atoms with E-state index in [9.17, 15) is 0 Å². The molecule has 0 atom stereocenters. The monoisotopic (exact) mass is 1210 g/mol. The van der Waals surface area contributed by atoms with E-state index in [4.69, 9.17) is 13.3 Å². The van der Waals surface area contributed by atoms with Crippen molar-refractivity contribution in [3.8, 4) is 33.6 Å². The minimum Gasteiger partial charge on any atom is -0.455 e. The topological polar surface area (TPSA) is 55.8 Å². The van der Waals surface area contributed by atoms with Crippen LogP contribution in [0.4, 0.5) is 34.1 Å². The Morgan fingerprint density at radius 3 is 1.12 bits per heavy atom.